The molecule has 1 heterocycles. The molecule has 18 heavy (non-hydrogen) atoms. The highest BCUT2D eigenvalue weighted by Crippen LogP contribution is 2.07. The van der Waals surface area contributed by atoms with E-state index in [2.05, 4.69) is 4.98 Å². The average molecular weight is 255 g/mol. The smallest absolute Gasteiger partial charge is 0.354 e. The maximum Gasteiger partial charge on any atom is 0.354 e. The molecule has 1 rings (SSSR count). The molecule has 1 aromatic rings. The molecular formula is C12H17NO5. The molecule has 100 valence electrons. The molecule has 6 nitrogen and oxygen atoms in total. The van der Waals surface area contributed by atoms with Crippen molar-refractivity contribution in [1.29, 1.82) is 0 Å². The average Bonchev–Trinajstić information content (AvgIpc) is 2.38. The SMILES string of the molecule is COCCOCCCOc1cccc(C(=O)O)n1. The summed E-state index contributed by atoms with van der Waals surface area (Å²) in [6.07, 6.45) is 0.711. The predicted octanol–water partition coefficient (Wildman–Crippen LogP) is 1.21. The van der Waals surface area contributed by atoms with Crippen molar-refractivity contribution in [3.05, 3.63) is 23.9 Å². The van der Waals surface area contributed by atoms with Crippen LogP contribution >= 0.6 is 0 Å². The van der Waals surface area contributed by atoms with Crippen LogP contribution in [0.3, 0.4) is 0 Å². The van der Waals surface area contributed by atoms with Crippen molar-refractivity contribution >= 4 is 5.97 Å². The summed E-state index contributed by atoms with van der Waals surface area (Å²) in [6.45, 7) is 2.14. The summed E-state index contributed by atoms with van der Waals surface area (Å²) >= 11 is 0. The standard InChI is InChI=1S/C12H17NO5/c1-16-8-9-17-6-3-7-18-11-5-2-4-10(13-11)12(14)15/h2,4-5H,3,6-9H2,1H3,(H,14,15). The van der Waals surface area contributed by atoms with E-state index in [1.54, 1.807) is 19.2 Å². The molecule has 0 radical (unpaired) electrons. The number of carboxylic acids is 1. The Kier molecular flexibility index (Phi) is 6.75. The second-order valence-electron chi connectivity index (χ2n) is 3.47. The maximum atomic E-state index is 10.7. The molecular weight excluding hydrogens is 238 g/mol. The fourth-order valence-electron chi connectivity index (χ4n) is 1.20. The third kappa shape index (κ3) is 5.60. The zero-order chi connectivity index (χ0) is 13.2. The quantitative estimate of drug-likeness (QED) is 0.668. The molecule has 0 bridgehead atoms. The third-order valence-corrected chi connectivity index (χ3v) is 2.06. The Labute approximate surface area is 106 Å². The van der Waals surface area contributed by atoms with Gasteiger partial charge in [0.15, 0.2) is 5.69 Å². The third-order valence-electron chi connectivity index (χ3n) is 2.06. The fourth-order valence-corrected chi connectivity index (χ4v) is 1.20. The summed E-state index contributed by atoms with van der Waals surface area (Å²) < 4.78 is 15.4. The molecule has 0 aromatic carbocycles. The second kappa shape index (κ2) is 8.43. The molecule has 0 aliphatic rings. The zero-order valence-corrected chi connectivity index (χ0v) is 10.3. The molecule has 1 aromatic heterocycles. The number of nitrogens with zero attached hydrogens (tertiary/aromatic N) is 1. The molecule has 0 aliphatic heterocycles. The Morgan fingerprint density at radius 2 is 2.11 bits per heavy atom. The molecule has 0 spiro atoms. The van der Waals surface area contributed by atoms with Gasteiger partial charge in [-0.1, -0.05) is 6.07 Å². The summed E-state index contributed by atoms with van der Waals surface area (Å²) in [6, 6.07) is 4.64. The Hall–Kier alpha value is -1.66. The van der Waals surface area contributed by atoms with Crippen LogP contribution in [-0.4, -0.2) is 49.6 Å². The highest BCUT2D eigenvalue weighted by atomic mass is 16.5. The van der Waals surface area contributed by atoms with Crippen LogP contribution in [0.2, 0.25) is 0 Å². The minimum Gasteiger partial charge on any atom is -0.478 e. The Morgan fingerprint density at radius 3 is 2.83 bits per heavy atom. The summed E-state index contributed by atoms with van der Waals surface area (Å²) in [4.78, 5) is 14.5. The van der Waals surface area contributed by atoms with Gasteiger partial charge in [-0.2, -0.15) is 0 Å². The lowest BCUT2D eigenvalue weighted by Gasteiger charge is -2.06. The minimum atomic E-state index is -1.07. The van der Waals surface area contributed by atoms with Gasteiger partial charge in [0.25, 0.3) is 0 Å². The lowest BCUT2D eigenvalue weighted by Crippen LogP contribution is -2.08. The first-order chi connectivity index (χ1) is 8.74. The number of methoxy groups -OCH3 is 1. The van der Waals surface area contributed by atoms with Crippen LogP contribution in [0, 0.1) is 0 Å². The van der Waals surface area contributed by atoms with E-state index in [4.69, 9.17) is 19.3 Å². The lowest BCUT2D eigenvalue weighted by atomic mass is 10.3. The van der Waals surface area contributed by atoms with E-state index in [0.29, 0.717) is 38.7 Å². The van der Waals surface area contributed by atoms with E-state index in [1.807, 2.05) is 0 Å². The van der Waals surface area contributed by atoms with Gasteiger partial charge in [-0.15, -0.1) is 0 Å². The Balaban J connectivity index is 2.19. The maximum absolute atomic E-state index is 10.7. The van der Waals surface area contributed by atoms with Gasteiger partial charge < -0.3 is 19.3 Å². The van der Waals surface area contributed by atoms with E-state index >= 15 is 0 Å². The van der Waals surface area contributed by atoms with Gasteiger partial charge in [0.1, 0.15) is 0 Å². The number of hydrogen-bond donors (Lipinski definition) is 1. The normalized spacial score (nSPS) is 10.3. The van der Waals surface area contributed by atoms with Gasteiger partial charge in [-0.3, -0.25) is 0 Å². The molecule has 0 saturated carbocycles. The molecule has 0 unspecified atom stereocenters. The van der Waals surface area contributed by atoms with E-state index in [9.17, 15) is 4.79 Å². The van der Waals surface area contributed by atoms with Crippen molar-refractivity contribution in [1.82, 2.24) is 4.98 Å². The van der Waals surface area contributed by atoms with Crippen molar-refractivity contribution < 1.29 is 24.1 Å². The van der Waals surface area contributed by atoms with E-state index in [-0.39, 0.29) is 5.69 Å². The van der Waals surface area contributed by atoms with Gasteiger partial charge in [-0.25, -0.2) is 9.78 Å². The van der Waals surface area contributed by atoms with E-state index in [0.717, 1.165) is 0 Å². The van der Waals surface area contributed by atoms with Gasteiger partial charge in [0, 0.05) is 26.2 Å². The first-order valence-electron chi connectivity index (χ1n) is 5.64. The number of aromatic nitrogens is 1. The number of rotatable bonds is 9. The summed E-state index contributed by atoms with van der Waals surface area (Å²) in [7, 11) is 1.62. The van der Waals surface area contributed by atoms with Gasteiger partial charge >= 0.3 is 5.97 Å². The summed E-state index contributed by atoms with van der Waals surface area (Å²) in [5, 5.41) is 8.75. The van der Waals surface area contributed by atoms with Gasteiger partial charge in [0.2, 0.25) is 5.88 Å². The van der Waals surface area contributed by atoms with Crippen molar-refractivity contribution in [3.63, 3.8) is 0 Å². The minimum absolute atomic E-state index is 0.0242. The van der Waals surface area contributed by atoms with Crippen LogP contribution in [0.25, 0.3) is 0 Å². The highest BCUT2D eigenvalue weighted by Gasteiger charge is 2.05. The van der Waals surface area contributed by atoms with Crippen LogP contribution in [-0.2, 0) is 9.47 Å². The lowest BCUT2D eigenvalue weighted by molar-refractivity contribution is 0.0639. The van der Waals surface area contributed by atoms with E-state index in [1.165, 1.54) is 6.07 Å². The molecule has 0 saturated heterocycles. The van der Waals surface area contributed by atoms with Crippen molar-refractivity contribution in [2.45, 2.75) is 6.42 Å². The Morgan fingerprint density at radius 1 is 1.28 bits per heavy atom. The van der Waals surface area contributed by atoms with Crippen molar-refractivity contribution in [3.8, 4) is 5.88 Å². The van der Waals surface area contributed by atoms with E-state index < -0.39 is 5.97 Å². The number of ether oxygens (including phenoxy) is 3. The van der Waals surface area contributed by atoms with Gasteiger partial charge in [0.05, 0.1) is 19.8 Å². The monoisotopic (exact) mass is 255 g/mol. The highest BCUT2D eigenvalue weighted by molar-refractivity contribution is 5.85. The molecule has 1 N–H and O–H groups in total. The van der Waals surface area contributed by atoms with Crippen molar-refractivity contribution in [2.24, 2.45) is 0 Å². The second-order valence-corrected chi connectivity index (χ2v) is 3.47. The fraction of sp³-hybridized carbons (Fsp3) is 0.500. The zero-order valence-electron chi connectivity index (χ0n) is 10.3. The van der Waals surface area contributed by atoms with Crippen LogP contribution in [0.4, 0.5) is 0 Å². The Bertz CT molecular complexity index is 369. The number of aromatic carboxylic acids is 1. The molecule has 0 amide bonds. The number of hydrogen-bond acceptors (Lipinski definition) is 5. The van der Waals surface area contributed by atoms with Crippen LogP contribution in [0.5, 0.6) is 5.88 Å². The molecule has 0 atom stereocenters. The van der Waals surface area contributed by atoms with Crippen LogP contribution in [0.15, 0.2) is 18.2 Å². The molecule has 6 heteroatoms. The molecule has 0 fully saturated rings. The summed E-state index contributed by atoms with van der Waals surface area (Å²) in [5.41, 5.74) is -0.0242. The van der Waals surface area contributed by atoms with Crippen LogP contribution < -0.4 is 4.74 Å². The number of pyridine rings is 1. The topological polar surface area (TPSA) is 77.9 Å². The largest absolute Gasteiger partial charge is 0.478 e. The first-order valence-corrected chi connectivity index (χ1v) is 5.64. The van der Waals surface area contributed by atoms with Crippen molar-refractivity contribution in [2.75, 3.05) is 33.5 Å². The number of carbonyl (C=O) groups is 1. The first kappa shape index (κ1) is 14.4. The van der Waals surface area contributed by atoms with Crippen LogP contribution in [0.1, 0.15) is 16.9 Å². The summed E-state index contributed by atoms with van der Waals surface area (Å²) in [5.74, 6) is -0.754. The predicted molar refractivity (Wildman–Crippen MR) is 64.0 cm³/mol. The van der Waals surface area contributed by atoms with Gasteiger partial charge in [-0.05, 0) is 6.07 Å². The number of carboxylic acid groups (broad SMARTS) is 1. The molecule has 0 aliphatic carbocycles.